The predicted molar refractivity (Wildman–Crippen MR) is 27.6 cm³/mol. The van der Waals surface area contributed by atoms with Crippen LogP contribution in [0.4, 0.5) is 5.95 Å². The molecule has 6 nitrogen and oxygen atoms in total. The molecule has 1 aromatic heterocycles. The first-order valence-electron chi connectivity index (χ1n) is 2.21. The molecular weight excluding hydrogens is 124 g/mol. The Morgan fingerprint density at radius 2 is 2.67 bits per heavy atom. The van der Waals surface area contributed by atoms with E-state index in [9.17, 15) is 4.91 Å². The SMILES string of the molecule is O=[N+](O)Nc1ncc[nH]1. The van der Waals surface area contributed by atoms with Crippen LogP contribution in [0.25, 0.3) is 0 Å². The Hall–Kier alpha value is -1.59. The largest absolute Gasteiger partial charge is 0.362 e. The van der Waals surface area contributed by atoms with E-state index < -0.39 is 5.03 Å². The number of imidazole rings is 1. The van der Waals surface area contributed by atoms with Gasteiger partial charge in [0.15, 0.2) is 0 Å². The normalized spacial score (nSPS) is 8.89. The monoisotopic (exact) mass is 129 g/mol. The second kappa shape index (κ2) is 2.12. The van der Waals surface area contributed by atoms with Gasteiger partial charge in [-0.15, -0.1) is 0 Å². The summed E-state index contributed by atoms with van der Waals surface area (Å²) in [6.07, 6.45) is 2.97. The highest BCUT2D eigenvalue weighted by Gasteiger charge is 2.03. The Bertz CT molecular complexity index is 194. The minimum Gasteiger partial charge on any atom is -0.326 e. The summed E-state index contributed by atoms with van der Waals surface area (Å²) in [5.41, 5.74) is 1.95. The van der Waals surface area contributed by atoms with Crippen LogP contribution in [0.3, 0.4) is 0 Å². The lowest BCUT2D eigenvalue weighted by molar-refractivity contribution is -0.770. The number of hydrogen-bond acceptors (Lipinski definition) is 2. The Morgan fingerprint density at radius 1 is 1.89 bits per heavy atom. The average Bonchev–Trinajstić information content (AvgIpc) is 2.15. The van der Waals surface area contributed by atoms with Crippen LogP contribution >= 0.6 is 0 Å². The zero-order chi connectivity index (χ0) is 6.69. The van der Waals surface area contributed by atoms with Crippen molar-refractivity contribution in [3.63, 3.8) is 0 Å². The van der Waals surface area contributed by atoms with E-state index in [2.05, 4.69) is 9.97 Å². The summed E-state index contributed by atoms with van der Waals surface area (Å²) in [7, 11) is 0. The molecule has 0 aliphatic heterocycles. The second-order valence-electron chi connectivity index (χ2n) is 1.32. The third-order valence-corrected chi connectivity index (χ3v) is 0.700. The number of hydrogen-bond donors (Lipinski definition) is 3. The van der Waals surface area contributed by atoms with Crippen molar-refractivity contribution in [2.75, 3.05) is 5.43 Å². The molecule has 0 unspecified atom stereocenters. The lowest BCUT2D eigenvalue weighted by Gasteiger charge is -1.80. The van der Waals surface area contributed by atoms with Crippen molar-refractivity contribution in [3.8, 4) is 0 Å². The minimum absolute atomic E-state index is 0.201. The minimum atomic E-state index is -0.432. The Balaban J connectivity index is 2.58. The number of rotatable bonds is 2. The maximum Gasteiger partial charge on any atom is 0.362 e. The van der Waals surface area contributed by atoms with E-state index in [1.807, 2.05) is 5.43 Å². The molecule has 0 atom stereocenters. The molecule has 1 aromatic rings. The van der Waals surface area contributed by atoms with Crippen molar-refractivity contribution in [2.24, 2.45) is 0 Å². The predicted octanol–water partition coefficient (Wildman–Crippen LogP) is -0.0953. The molecule has 0 amide bonds. The van der Waals surface area contributed by atoms with Crippen molar-refractivity contribution < 1.29 is 10.2 Å². The number of nitrogens with zero attached hydrogens (tertiary/aromatic N) is 2. The fraction of sp³-hybridized carbons (Fsp3) is 0. The molecule has 0 saturated heterocycles. The molecule has 0 aliphatic carbocycles. The van der Waals surface area contributed by atoms with E-state index in [1.54, 1.807) is 0 Å². The molecule has 0 spiro atoms. The smallest absolute Gasteiger partial charge is 0.326 e. The van der Waals surface area contributed by atoms with E-state index in [-0.39, 0.29) is 5.95 Å². The van der Waals surface area contributed by atoms with Crippen LogP contribution in [0, 0.1) is 4.91 Å². The van der Waals surface area contributed by atoms with Crippen LogP contribution in [0.2, 0.25) is 0 Å². The molecule has 1 rings (SSSR count). The highest BCUT2D eigenvalue weighted by atomic mass is 16.7. The summed E-state index contributed by atoms with van der Waals surface area (Å²) >= 11 is 0. The first-order chi connectivity index (χ1) is 4.29. The topological polar surface area (TPSA) is 81.0 Å². The maximum atomic E-state index is 9.81. The van der Waals surface area contributed by atoms with Gasteiger partial charge in [-0.25, -0.2) is 10.2 Å². The summed E-state index contributed by atoms with van der Waals surface area (Å²) in [6, 6.07) is 0. The van der Waals surface area contributed by atoms with Crippen molar-refractivity contribution in [1.82, 2.24) is 9.97 Å². The first kappa shape index (κ1) is 5.54. The molecule has 0 bridgehead atoms. The molecule has 3 N–H and O–H groups in total. The van der Waals surface area contributed by atoms with Gasteiger partial charge >= 0.3 is 5.03 Å². The van der Waals surface area contributed by atoms with E-state index >= 15 is 0 Å². The number of hydrazine groups is 1. The van der Waals surface area contributed by atoms with Crippen LogP contribution in [0.15, 0.2) is 12.4 Å². The van der Waals surface area contributed by atoms with Gasteiger partial charge in [0, 0.05) is 12.4 Å². The van der Waals surface area contributed by atoms with Crippen LogP contribution < -0.4 is 5.43 Å². The fourth-order valence-electron chi connectivity index (χ4n) is 0.417. The number of nitrogens with one attached hydrogen (secondary N) is 2. The highest BCUT2D eigenvalue weighted by molar-refractivity contribution is 5.17. The lowest BCUT2D eigenvalue weighted by Crippen LogP contribution is -2.11. The fourth-order valence-corrected chi connectivity index (χ4v) is 0.417. The van der Waals surface area contributed by atoms with E-state index in [0.717, 1.165) is 0 Å². The zero-order valence-corrected chi connectivity index (χ0v) is 4.40. The van der Waals surface area contributed by atoms with Crippen LogP contribution in [-0.4, -0.2) is 20.2 Å². The third kappa shape index (κ3) is 1.41. The summed E-state index contributed by atoms with van der Waals surface area (Å²) in [5, 5.41) is 7.60. The number of H-pyrrole nitrogens is 1. The van der Waals surface area contributed by atoms with Crippen LogP contribution in [-0.2, 0) is 0 Å². The van der Waals surface area contributed by atoms with Gasteiger partial charge in [0.1, 0.15) is 4.91 Å². The molecule has 9 heavy (non-hydrogen) atoms. The second-order valence-corrected chi connectivity index (χ2v) is 1.32. The molecule has 48 valence electrons. The van der Waals surface area contributed by atoms with Crippen molar-refractivity contribution in [2.45, 2.75) is 0 Å². The van der Waals surface area contributed by atoms with Gasteiger partial charge in [-0.3, -0.25) is 0 Å². The highest BCUT2D eigenvalue weighted by Crippen LogP contribution is 1.91. The maximum absolute atomic E-state index is 9.81. The average molecular weight is 129 g/mol. The Labute approximate surface area is 50.0 Å². The molecule has 6 heteroatoms. The molecule has 0 saturated carbocycles. The summed E-state index contributed by atoms with van der Waals surface area (Å²) in [5.74, 6) is 0.201. The van der Waals surface area contributed by atoms with E-state index in [1.165, 1.54) is 12.4 Å². The Kier molecular flexibility index (Phi) is 1.31. The number of aromatic nitrogens is 2. The first-order valence-corrected chi connectivity index (χ1v) is 2.21. The van der Waals surface area contributed by atoms with Crippen LogP contribution in [0.5, 0.6) is 0 Å². The number of aromatic amines is 1. The molecule has 0 aromatic carbocycles. The molecule has 1 heterocycles. The lowest BCUT2D eigenvalue weighted by atomic mass is 11.0. The van der Waals surface area contributed by atoms with Gasteiger partial charge in [-0.2, -0.15) is 0 Å². The van der Waals surface area contributed by atoms with Crippen molar-refractivity contribution >= 4 is 5.95 Å². The Morgan fingerprint density at radius 3 is 3.11 bits per heavy atom. The van der Waals surface area contributed by atoms with Gasteiger partial charge in [0.2, 0.25) is 0 Å². The summed E-state index contributed by atoms with van der Waals surface area (Å²) in [4.78, 5) is 15.9. The van der Waals surface area contributed by atoms with Gasteiger partial charge in [0.05, 0.1) is 0 Å². The number of anilines is 1. The van der Waals surface area contributed by atoms with Crippen molar-refractivity contribution in [1.29, 1.82) is 0 Å². The van der Waals surface area contributed by atoms with Gasteiger partial charge in [-0.05, 0) is 5.43 Å². The molecule has 0 fully saturated rings. The van der Waals surface area contributed by atoms with E-state index in [0.29, 0.717) is 0 Å². The standard InChI is InChI=1S/C3H5N4O2/c8-7(9)6-3-4-1-2-5-3/h1-2H,(H,8,9)(H2,4,5,6)/q+1. The molecule has 0 aliphatic rings. The zero-order valence-electron chi connectivity index (χ0n) is 4.40. The van der Waals surface area contributed by atoms with Gasteiger partial charge < -0.3 is 4.98 Å². The van der Waals surface area contributed by atoms with Gasteiger partial charge in [-0.1, -0.05) is 0 Å². The molecule has 0 radical (unpaired) electrons. The van der Waals surface area contributed by atoms with Gasteiger partial charge in [0.25, 0.3) is 5.95 Å². The van der Waals surface area contributed by atoms with Crippen LogP contribution in [0.1, 0.15) is 0 Å². The third-order valence-electron chi connectivity index (χ3n) is 0.700. The molecular formula is C3H5N4O2+. The summed E-state index contributed by atoms with van der Waals surface area (Å²) < 4.78 is 0. The van der Waals surface area contributed by atoms with Crippen molar-refractivity contribution in [3.05, 3.63) is 17.3 Å². The summed E-state index contributed by atoms with van der Waals surface area (Å²) in [6.45, 7) is 0. The van der Waals surface area contributed by atoms with E-state index in [4.69, 9.17) is 5.21 Å². The quantitative estimate of drug-likeness (QED) is 0.487.